The first-order chi connectivity index (χ1) is 14.2. The maximum atomic E-state index is 13.5. The Kier molecular flexibility index (Phi) is 5.50. The molecule has 160 valence electrons. The second-order valence-electron chi connectivity index (χ2n) is 8.01. The van der Waals surface area contributed by atoms with Crippen molar-refractivity contribution in [2.75, 3.05) is 31.1 Å². The van der Waals surface area contributed by atoms with Gasteiger partial charge in [0.15, 0.2) is 0 Å². The molecular weight excluding hydrogens is 416 g/mol. The molecule has 1 saturated heterocycles. The highest BCUT2D eigenvalue weighted by atomic mass is 32.2. The summed E-state index contributed by atoms with van der Waals surface area (Å²) in [6, 6.07) is 8.20. The number of hydrogen-bond donors (Lipinski definition) is 0. The molecule has 0 amide bonds. The first kappa shape index (κ1) is 21.1. The number of aryl methyl sites for hydroxylation is 3. The van der Waals surface area contributed by atoms with E-state index >= 15 is 0 Å². The van der Waals surface area contributed by atoms with Gasteiger partial charge in [0.25, 0.3) is 0 Å². The number of anilines is 1. The van der Waals surface area contributed by atoms with Crippen molar-refractivity contribution in [3.63, 3.8) is 0 Å². The van der Waals surface area contributed by atoms with Crippen LogP contribution in [-0.4, -0.2) is 48.5 Å². The van der Waals surface area contributed by atoms with Crippen LogP contribution in [0.2, 0.25) is 0 Å². The smallest absolute Gasteiger partial charge is 0.244 e. The van der Waals surface area contributed by atoms with Crippen LogP contribution in [0, 0.1) is 27.7 Å². The normalized spacial score (nSPS) is 15.7. The maximum absolute atomic E-state index is 13.5. The fourth-order valence-corrected chi connectivity index (χ4v) is 6.52. The first-order valence-corrected chi connectivity index (χ1v) is 12.4. The van der Waals surface area contributed by atoms with Crippen LogP contribution >= 0.6 is 11.3 Å². The van der Waals surface area contributed by atoms with E-state index in [2.05, 4.69) is 41.9 Å². The number of rotatable bonds is 4. The molecule has 0 spiro atoms. The van der Waals surface area contributed by atoms with Crippen LogP contribution in [0.3, 0.4) is 0 Å². The lowest BCUT2D eigenvalue weighted by Crippen LogP contribution is -2.49. The lowest BCUT2D eigenvalue weighted by atomic mass is 10.1. The number of aromatic nitrogens is 2. The molecule has 0 radical (unpaired) electrons. The van der Waals surface area contributed by atoms with E-state index in [0.29, 0.717) is 31.1 Å². The number of benzene rings is 1. The second-order valence-corrected chi connectivity index (χ2v) is 10.8. The summed E-state index contributed by atoms with van der Waals surface area (Å²) in [5.74, 6) is 0. The van der Waals surface area contributed by atoms with Crippen LogP contribution in [0.4, 0.5) is 5.69 Å². The van der Waals surface area contributed by atoms with Crippen molar-refractivity contribution in [1.29, 1.82) is 0 Å². The summed E-state index contributed by atoms with van der Waals surface area (Å²) < 4.78 is 30.4. The van der Waals surface area contributed by atoms with Gasteiger partial charge in [-0.1, -0.05) is 12.1 Å². The molecular formula is C22H28N4O2S2. The van der Waals surface area contributed by atoms with Gasteiger partial charge in [-0.15, -0.1) is 11.3 Å². The number of nitrogens with zero attached hydrogens (tertiary/aromatic N) is 4. The molecule has 0 unspecified atom stereocenters. The Morgan fingerprint density at radius 2 is 1.70 bits per heavy atom. The van der Waals surface area contributed by atoms with Gasteiger partial charge in [0.2, 0.25) is 10.0 Å². The van der Waals surface area contributed by atoms with Crippen molar-refractivity contribution in [2.45, 2.75) is 32.6 Å². The largest absolute Gasteiger partial charge is 0.369 e. The molecule has 3 heterocycles. The van der Waals surface area contributed by atoms with E-state index in [-0.39, 0.29) is 0 Å². The van der Waals surface area contributed by atoms with E-state index < -0.39 is 10.0 Å². The van der Waals surface area contributed by atoms with Crippen molar-refractivity contribution in [2.24, 2.45) is 7.05 Å². The van der Waals surface area contributed by atoms with Gasteiger partial charge in [-0.25, -0.2) is 13.4 Å². The zero-order chi connectivity index (χ0) is 21.6. The Hall–Kier alpha value is -2.16. The van der Waals surface area contributed by atoms with Gasteiger partial charge >= 0.3 is 0 Å². The van der Waals surface area contributed by atoms with E-state index in [1.807, 2.05) is 30.8 Å². The van der Waals surface area contributed by atoms with Crippen LogP contribution in [0.15, 0.2) is 34.5 Å². The Morgan fingerprint density at radius 3 is 2.33 bits per heavy atom. The molecule has 1 aliphatic heterocycles. The molecule has 0 N–H and O–H groups in total. The Morgan fingerprint density at radius 1 is 1.00 bits per heavy atom. The molecule has 0 atom stereocenters. The fraction of sp³-hybridized carbons (Fsp3) is 0.409. The van der Waals surface area contributed by atoms with Gasteiger partial charge in [0, 0.05) is 55.7 Å². The predicted octanol–water partition coefficient (Wildman–Crippen LogP) is 3.89. The van der Waals surface area contributed by atoms with Crippen molar-refractivity contribution < 1.29 is 8.42 Å². The lowest BCUT2D eigenvalue weighted by molar-refractivity contribution is 0.384. The van der Waals surface area contributed by atoms with Crippen LogP contribution in [0.25, 0.3) is 10.7 Å². The summed E-state index contributed by atoms with van der Waals surface area (Å²) in [7, 11) is -1.66. The molecule has 8 heteroatoms. The Labute approximate surface area is 182 Å². The van der Waals surface area contributed by atoms with E-state index in [0.717, 1.165) is 22.1 Å². The van der Waals surface area contributed by atoms with Gasteiger partial charge in [-0.05, 0) is 51.0 Å². The molecule has 3 aromatic rings. The third-order valence-electron chi connectivity index (χ3n) is 5.89. The van der Waals surface area contributed by atoms with Gasteiger partial charge < -0.3 is 9.47 Å². The standard InChI is InChI=1S/C22H28N4O2S2/c1-15-6-7-16(2)19(12-15)25-8-10-26(11-9-25)30(27,28)21-13-20(24(5)18(21)4)22-23-17(3)14-29-22/h6-7,12-14H,8-11H2,1-5H3. The SMILES string of the molecule is Cc1ccc(C)c(N2CCN(S(=O)(=O)c3cc(-c4nc(C)cs4)n(C)c3C)CC2)c1. The van der Waals surface area contributed by atoms with Crippen molar-refractivity contribution >= 4 is 27.0 Å². The molecule has 1 fully saturated rings. The molecule has 30 heavy (non-hydrogen) atoms. The summed E-state index contributed by atoms with van der Waals surface area (Å²) in [5.41, 5.74) is 6.17. The third-order valence-corrected chi connectivity index (χ3v) is 8.89. The van der Waals surface area contributed by atoms with E-state index in [4.69, 9.17) is 0 Å². The number of sulfonamides is 1. The summed E-state index contributed by atoms with van der Waals surface area (Å²) in [5, 5.41) is 2.83. The minimum atomic E-state index is -3.56. The molecule has 1 aliphatic rings. The van der Waals surface area contributed by atoms with E-state index in [1.54, 1.807) is 10.4 Å². The molecule has 4 rings (SSSR count). The summed E-state index contributed by atoms with van der Waals surface area (Å²) >= 11 is 1.54. The highest BCUT2D eigenvalue weighted by Crippen LogP contribution is 2.32. The van der Waals surface area contributed by atoms with Crippen molar-refractivity contribution in [1.82, 2.24) is 13.9 Å². The van der Waals surface area contributed by atoms with Gasteiger partial charge in [0.1, 0.15) is 9.90 Å². The molecule has 0 saturated carbocycles. The third kappa shape index (κ3) is 3.68. The fourth-order valence-electron chi connectivity index (χ4n) is 3.98. The minimum Gasteiger partial charge on any atom is -0.369 e. The van der Waals surface area contributed by atoms with Gasteiger partial charge in [-0.3, -0.25) is 0 Å². The van der Waals surface area contributed by atoms with Crippen molar-refractivity contribution in [3.05, 3.63) is 52.2 Å². The molecule has 0 aliphatic carbocycles. The number of hydrogen-bond acceptors (Lipinski definition) is 5. The average molecular weight is 445 g/mol. The molecule has 0 bridgehead atoms. The lowest BCUT2D eigenvalue weighted by Gasteiger charge is -2.36. The monoisotopic (exact) mass is 444 g/mol. The second kappa shape index (κ2) is 7.83. The zero-order valence-electron chi connectivity index (χ0n) is 18.1. The minimum absolute atomic E-state index is 0.382. The van der Waals surface area contributed by atoms with Gasteiger partial charge in [0.05, 0.1) is 5.69 Å². The molecule has 2 aromatic heterocycles. The highest BCUT2D eigenvalue weighted by Gasteiger charge is 2.32. The van der Waals surface area contributed by atoms with E-state index in [1.165, 1.54) is 28.2 Å². The Balaban J connectivity index is 1.58. The van der Waals surface area contributed by atoms with Crippen LogP contribution in [0.1, 0.15) is 22.5 Å². The molecule has 1 aromatic carbocycles. The highest BCUT2D eigenvalue weighted by molar-refractivity contribution is 7.89. The van der Waals surface area contributed by atoms with Crippen molar-refractivity contribution in [3.8, 4) is 10.7 Å². The Bertz CT molecular complexity index is 1190. The quantitative estimate of drug-likeness (QED) is 0.613. The maximum Gasteiger partial charge on any atom is 0.244 e. The summed E-state index contributed by atoms with van der Waals surface area (Å²) in [4.78, 5) is 7.20. The van der Waals surface area contributed by atoms with Crippen LogP contribution in [0.5, 0.6) is 0 Å². The average Bonchev–Trinajstić information content (AvgIpc) is 3.27. The number of thiazole rings is 1. The number of piperazine rings is 1. The predicted molar refractivity (Wildman–Crippen MR) is 123 cm³/mol. The molecule has 6 nitrogen and oxygen atoms in total. The van der Waals surface area contributed by atoms with Gasteiger partial charge in [-0.2, -0.15) is 4.31 Å². The zero-order valence-corrected chi connectivity index (χ0v) is 19.8. The van der Waals surface area contributed by atoms with Crippen LogP contribution < -0.4 is 4.90 Å². The first-order valence-electron chi connectivity index (χ1n) is 10.1. The van der Waals surface area contributed by atoms with Crippen LogP contribution in [-0.2, 0) is 17.1 Å². The van der Waals surface area contributed by atoms with E-state index in [9.17, 15) is 8.42 Å². The summed E-state index contributed by atoms with van der Waals surface area (Å²) in [6.07, 6.45) is 0. The summed E-state index contributed by atoms with van der Waals surface area (Å²) in [6.45, 7) is 10.3. The topological polar surface area (TPSA) is 58.4 Å².